The van der Waals surface area contributed by atoms with E-state index in [1.165, 1.54) is 0 Å². The molecule has 1 aliphatic rings. The molecule has 0 bridgehead atoms. The van der Waals surface area contributed by atoms with Gasteiger partial charge in [-0.25, -0.2) is 0 Å². The summed E-state index contributed by atoms with van der Waals surface area (Å²) in [4.78, 5) is 2.15. The van der Waals surface area contributed by atoms with Crippen LogP contribution in [0.3, 0.4) is 0 Å². The molecule has 1 atom stereocenters. The molecule has 1 aliphatic heterocycles. The van der Waals surface area contributed by atoms with Gasteiger partial charge in [-0.15, -0.1) is 0 Å². The molecule has 19 heavy (non-hydrogen) atoms. The molecule has 0 saturated carbocycles. The molecule has 0 radical (unpaired) electrons. The van der Waals surface area contributed by atoms with E-state index in [1.807, 2.05) is 37.3 Å². The lowest BCUT2D eigenvalue weighted by molar-refractivity contribution is -0.131. The van der Waals surface area contributed by atoms with Crippen LogP contribution in [0.1, 0.15) is 13.3 Å². The average Bonchev–Trinajstić information content (AvgIpc) is 2.42. The van der Waals surface area contributed by atoms with Crippen molar-refractivity contribution in [2.75, 3.05) is 37.8 Å². The fourth-order valence-corrected chi connectivity index (χ4v) is 2.31. The van der Waals surface area contributed by atoms with Gasteiger partial charge in [0.25, 0.3) is 0 Å². The first-order valence-electron chi connectivity index (χ1n) is 6.86. The van der Waals surface area contributed by atoms with Gasteiger partial charge in [-0.3, -0.25) is 0 Å². The number of nitrogens with zero attached hydrogens (tertiary/aromatic N) is 1. The molecule has 0 aliphatic carbocycles. The van der Waals surface area contributed by atoms with Crippen LogP contribution in [0.5, 0.6) is 0 Å². The molecular formula is C15H23NO3. The van der Waals surface area contributed by atoms with Crippen LogP contribution in [0.4, 0.5) is 5.69 Å². The van der Waals surface area contributed by atoms with E-state index >= 15 is 0 Å². The van der Waals surface area contributed by atoms with E-state index in [2.05, 4.69) is 4.90 Å². The molecule has 4 heteroatoms. The second kappa shape index (κ2) is 6.37. The minimum atomic E-state index is -0.350. The summed E-state index contributed by atoms with van der Waals surface area (Å²) in [7, 11) is 0. The summed E-state index contributed by atoms with van der Waals surface area (Å²) < 4.78 is 5.25. The molecule has 1 unspecified atom stereocenters. The Bertz CT molecular complexity index is 373. The minimum absolute atomic E-state index is 0.124. The fourth-order valence-electron chi connectivity index (χ4n) is 2.31. The Morgan fingerprint density at radius 3 is 2.47 bits per heavy atom. The van der Waals surface area contributed by atoms with E-state index in [9.17, 15) is 10.2 Å². The van der Waals surface area contributed by atoms with Crippen LogP contribution in [0.15, 0.2) is 30.3 Å². The first kappa shape index (κ1) is 14.3. The molecule has 1 aromatic rings. The third-order valence-electron chi connectivity index (χ3n) is 3.70. The van der Waals surface area contributed by atoms with Crippen LogP contribution in [-0.4, -0.2) is 49.2 Å². The molecule has 0 amide bonds. The highest BCUT2D eigenvalue weighted by Gasteiger charge is 2.40. The Labute approximate surface area is 114 Å². The zero-order valence-electron chi connectivity index (χ0n) is 11.5. The molecule has 0 aromatic heterocycles. The summed E-state index contributed by atoms with van der Waals surface area (Å²) in [5.74, 6) is 0. The van der Waals surface area contributed by atoms with Crippen molar-refractivity contribution in [2.24, 2.45) is 5.41 Å². The van der Waals surface area contributed by atoms with E-state index in [0.29, 0.717) is 26.3 Å². The predicted molar refractivity (Wildman–Crippen MR) is 75.3 cm³/mol. The number of aliphatic hydroxyl groups excluding tert-OH is 2. The lowest BCUT2D eigenvalue weighted by Gasteiger charge is -2.44. The fraction of sp³-hybridized carbons (Fsp3) is 0.600. The number of anilines is 1. The van der Waals surface area contributed by atoms with Crippen LogP contribution in [0.25, 0.3) is 0 Å². The van der Waals surface area contributed by atoms with Gasteiger partial charge >= 0.3 is 0 Å². The number of rotatable bonds is 7. The van der Waals surface area contributed by atoms with Crippen LogP contribution in [0.2, 0.25) is 0 Å². The van der Waals surface area contributed by atoms with Gasteiger partial charge in [-0.05, 0) is 18.6 Å². The average molecular weight is 265 g/mol. The first-order chi connectivity index (χ1) is 9.19. The summed E-state index contributed by atoms with van der Waals surface area (Å²) in [5.41, 5.74) is 0.901. The second-order valence-electron chi connectivity index (χ2n) is 5.43. The Hall–Kier alpha value is -1.10. The maximum Gasteiger partial charge on any atom is 0.0712 e. The van der Waals surface area contributed by atoms with Crippen LogP contribution >= 0.6 is 0 Å². The maximum absolute atomic E-state index is 9.91. The van der Waals surface area contributed by atoms with Gasteiger partial charge in [0, 0.05) is 18.8 Å². The monoisotopic (exact) mass is 265 g/mol. The summed E-state index contributed by atoms with van der Waals surface area (Å²) in [6.07, 6.45) is 0.378. The summed E-state index contributed by atoms with van der Waals surface area (Å²) in [6, 6.07) is 10.0. The number of para-hydroxylation sites is 1. The van der Waals surface area contributed by atoms with Gasteiger partial charge in [0.05, 0.1) is 31.3 Å². The van der Waals surface area contributed by atoms with Crippen molar-refractivity contribution >= 4 is 5.69 Å². The topological polar surface area (TPSA) is 52.9 Å². The van der Waals surface area contributed by atoms with Crippen molar-refractivity contribution in [3.05, 3.63) is 30.3 Å². The zero-order chi connectivity index (χ0) is 13.7. The predicted octanol–water partition coefficient (Wildman–Crippen LogP) is 1.27. The SMILES string of the molecule is CCC(O)CN(CC1(CO)COC1)c1ccccc1. The van der Waals surface area contributed by atoms with Crippen molar-refractivity contribution in [1.82, 2.24) is 0 Å². The lowest BCUT2D eigenvalue weighted by Crippen LogP contribution is -2.54. The van der Waals surface area contributed by atoms with Crippen LogP contribution in [-0.2, 0) is 4.74 Å². The van der Waals surface area contributed by atoms with Crippen molar-refractivity contribution in [1.29, 1.82) is 0 Å². The minimum Gasteiger partial charge on any atom is -0.396 e. The van der Waals surface area contributed by atoms with E-state index in [4.69, 9.17) is 4.74 Å². The number of aliphatic hydroxyl groups is 2. The molecule has 4 nitrogen and oxygen atoms in total. The highest BCUT2D eigenvalue weighted by molar-refractivity contribution is 5.46. The molecule has 2 N–H and O–H groups in total. The van der Waals surface area contributed by atoms with Gasteiger partial charge in [-0.2, -0.15) is 0 Å². The highest BCUT2D eigenvalue weighted by Crippen LogP contribution is 2.30. The maximum atomic E-state index is 9.91. The lowest BCUT2D eigenvalue weighted by atomic mass is 9.86. The zero-order valence-corrected chi connectivity index (χ0v) is 11.5. The van der Waals surface area contributed by atoms with Gasteiger partial charge in [0.1, 0.15) is 0 Å². The molecule has 106 valence electrons. The molecule has 1 heterocycles. The van der Waals surface area contributed by atoms with Crippen LogP contribution in [0, 0.1) is 5.41 Å². The van der Waals surface area contributed by atoms with Crippen molar-refractivity contribution in [3.63, 3.8) is 0 Å². The molecule has 1 aromatic carbocycles. The second-order valence-corrected chi connectivity index (χ2v) is 5.43. The Morgan fingerprint density at radius 1 is 1.32 bits per heavy atom. The summed E-state index contributed by atoms with van der Waals surface area (Å²) >= 11 is 0. The smallest absolute Gasteiger partial charge is 0.0712 e. The Balaban J connectivity index is 2.10. The molecule has 1 fully saturated rings. The largest absolute Gasteiger partial charge is 0.396 e. The van der Waals surface area contributed by atoms with E-state index < -0.39 is 0 Å². The number of benzene rings is 1. The third kappa shape index (κ3) is 3.47. The van der Waals surface area contributed by atoms with Crippen molar-refractivity contribution < 1.29 is 14.9 Å². The van der Waals surface area contributed by atoms with E-state index in [0.717, 1.165) is 12.1 Å². The third-order valence-corrected chi connectivity index (χ3v) is 3.70. The molecule has 0 spiro atoms. The number of hydrogen-bond acceptors (Lipinski definition) is 4. The van der Waals surface area contributed by atoms with E-state index in [1.54, 1.807) is 0 Å². The van der Waals surface area contributed by atoms with Crippen molar-refractivity contribution in [3.8, 4) is 0 Å². The first-order valence-corrected chi connectivity index (χ1v) is 6.86. The summed E-state index contributed by atoms with van der Waals surface area (Å²) in [6.45, 7) is 4.58. The number of ether oxygens (including phenoxy) is 1. The van der Waals surface area contributed by atoms with Crippen LogP contribution < -0.4 is 4.90 Å². The standard InChI is InChI=1S/C15H23NO3/c1-2-14(18)8-16(13-6-4-3-5-7-13)9-15(10-17)11-19-12-15/h3-7,14,17-18H,2,8-12H2,1H3. The van der Waals surface area contributed by atoms with Gasteiger partial charge in [0.15, 0.2) is 0 Å². The molecule has 1 saturated heterocycles. The quantitative estimate of drug-likeness (QED) is 0.779. The van der Waals surface area contributed by atoms with Gasteiger partial charge < -0.3 is 19.8 Å². The Kier molecular flexibility index (Phi) is 4.80. The normalized spacial score (nSPS) is 18.7. The van der Waals surface area contributed by atoms with Gasteiger partial charge in [0.2, 0.25) is 0 Å². The van der Waals surface area contributed by atoms with E-state index in [-0.39, 0.29) is 18.1 Å². The highest BCUT2D eigenvalue weighted by atomic mass is 16.5. The molecular weight excluding hydrogens is 242 g/mol. The van der Waals surface area contributed by atoms with Crippen molar-refractivity contribution in [2.45, 2.75) is 19.4 Å². The summed E-state index contributed by atoms with van der Waals surface area (Å²) in [5, 5.41) is 19.5. The molecule has 2 rings (SSSR count). The van der Waals surface area contributed by atoms with Gasteiger partial charge in [-0.1, -0.05) is 25.1 Å². The number of hydrogen-bond donors (Lipinski definition) is 2. The Morgan fingerprint density at radius 2 is 2.00 bits per heavy atom.